The lowest BCUT2D eigenvalue weighted by molar-refractivity contribution is 0.0955. The fourth-order valence-electron chi connectivity index (χ4n) is 2.69. The second kappa shape index (κ2) is 7.92. The highest BCUT2D eigenvalue weighted by Crippen LogP contribution is 2.18. The molecule has 1 heterocycles. The lowest BCUT2D eigenvalue weighted by Gasteiger charge is -2.06. The lowest BCUT2D eigenvalue weighted by Crippen LogP contribution is -2.28. The van der Waals surface area contributed by atoms with E-state index in [4.69, 9.17) is 5.73 Å². The van der Waals surface area contributed by atoms with E-state index in [0.717, 1.165) is 25.1 Å². The number of amides is 1. The zero-order valence-corrected chi connectivity index (χ0v) is 14.2. The Kier molecular flexibility index (Phi) is 5.93. The van der Waals surface area contributed by atoms with E-state index in [1.807, 2.05) is 24.3 Å². The average Bonchev–Trinajstić information content (AvgIpc) is 2.81. The van der Waals surface area contributed by atoms with Crippen LogP contribution in [0.2, 0.25) is 0 Å². The van der Waals surface area contributed by atoms with Crippen LogP contribution in [0.5, 0.6) is 0 Å². The van der Waals surface area contributed by atoms with Gasteiger partial charge in [0.25, 0.3) is 5.91 Å². The van der Waals surface area contributed by atoms with E-state index in [9.17, 15) is 4.79 Å². The minimum atomic E-state index is -0.0786. The molecule has 124 valence electrons. The van der Waals surface area contributed by atoms with E-state index in [1.165, 1.54) is 16.8 Å². The van der Waals surface area contributed by atoms with Crippen molar-refractivity contribution >= 4 is 5.91 Å². The number of nitrogens with one attached hydrogen (secondary N) is 1. The molecule has 0 saturated heterocycles. The topological polar surface area (TPSA) is 72.9 Å². The van der Waals surface area contributed by atoms with Crippen molar-refractivity contribution in [2.45, 2.75) is 40.2 Å². The van der Waals surface area contributed by atoms with Gasteiger partial charge in [-0.15, -0.1) is 0 Å². The van der Waals surface area contributed by atoms with Crippen LogP contribution in [0.3, 0.4) is 0 Å². The van der Waals surface area contributed by atoms with Crippen LogP contribution < -0.4 is 11.1 Å². The summed E-state index contributed by atoms with van der Waals surface area (Å²) in [6.07, 6.45) is 1.92. The summed E-state index contributed by atoms with van der Waals surface area (Å²) in [5.74, 6) is -0.0786. The summed E-state index contributed by atoms with van der Waals surface area (Å²) >= 11 is 0. The standard InChI is InChI=1S/C18H26N4O/c1-4-11-22-14(3)17(13(2)21-22)12-15-5-7-16(8-6-15)18(23)20-10-9-19/h5-8H,4,9-12,19H2,1-3H3,(H,20,23). The molecule has 0 aliphatic carbocycles. The SMILES string of the molecule is CCCn1nc(C)c(Cc2ccc(C(=O)NCCN)cc2)c1C. The zero-order chi connectivity index (χ0) is 16.8. The molecule has 0 saturated carbocycles. The fourth-order valence-corrected chi connectivity index (χ4v) is 2.69. The van der Waals surface area contributed by atoms with Crippen molar-refractivity contribution in [2.24, 2.45) is 5.73 Å². The number of benzene rings is 1. The quantitative estimate of drug-likeness (QED) is 0.823. The maximum absolute atomic E-state index is 11.9. The summed E-state index contributed by atoms with van der Waals surface area (Å²) in [5.41, 5.74) is 10.8. The van der Waals surface area contributed by atoms with Gasteiger partial charge in [0.05, 0.1) is 5.69 Å². The van der Waals surface area contributed by atoms with E-state index in [1.54, 1.807) is 0 Å². The van der Waals surface area contributed by atoms with E-state index in [-0.39, 0.29) is 5.91 Å². The van der Waals surface area contributed by atoms with Gasteiger partial charge < -0.3 is 11.1 Å². The number of carbonyl (C=O) groups excluding carboxylic acids is 1. The minimum absolute atomic E-state index is 0.0786. The average molecular weight is 314 g/mol. The van der Waals surface area contributed by atoms with E-state index < -0.39 is 0 Å². The Hall–Kier alpha value is -2.14. The molecule has 0 fully saturated rings. The Morgan fingerprint density at radius 2 is 1.96 bits per heavy atom. The zero-order valence-electron chi connectivity index (χ0n) is 14.2. The molecule has 0 aliphatic rings. The van der Waals surface area contributed by atoms with E-state index >= 15 is 0 Å². The molecule has 0 bridgehead atoms. The second-order valence-electron chi connectivity index (χ2n) is 5.79. The van der Waals surface area contributed by atoms with Crippen LogP contribution >= 0.6 is 0 Å². The number of rotatable bonds is 7. The van der Waals surface area contributed by atoms with E-state index in [2.05, 4.69) is 35.9 Å². The Morgan fingerprint density at radius 1 is 1.26 bits per heavy atom. The monoisotopic (exact) mass is 314 g/mol. The Morgan fingerprint density at radius 3 is 2.57 bits per heavy atom. The van der Waals surface area contributed by atoms with Gasteiger partial charge in [0.15, 0.2) is 0 Å². The van der Waals surface area contributed by atoms with Crippen molar-refractivity contribution in [3.8, 4) is 0 Å². The molecule has 1 aromatic heterocycles. The van der Waals surface area contributed by atoms with Crippen molar-refractivity contribution in [3.63, 3.8) is 0 Å². The first kappa shape index (κ1) is 17.2. The van der Waals surface area contributed by atoms with Gasteiger partial charge in [0, 0.05) is 42.9 Å². The second-order valence-corrected chi connectivity index (χ2v) is 5.79. The molecule has 5 heteroatoms. The molecule has 2 aromatic rings. The number of hydrogen-bond acceptors (Lipinski definition) is 3. The molecule has 1 amide bonds. The third-order valence-corrected chi connectivity index (χ3v) is 3.99. The van der Waals surface area contributed by atoms with Crippen LogP contribution in [0.15, 0.2) is 24.3 Å². The normalized spacial score (nSPS) is 10.8. The van der Waals surface area contributed by atoms with Crippen LogP contribution in [0.25, 0.3) is 0 Å². The summed E-state index contributed by atoms with van der Waals surface area (Å²) in [7, 11) is 0. The lowest BCUT2D eigenvalue weighted by atomic mass is 10.0. The van der Waals surface area contributed by atoms with Gasteiger partial charge in [0.1, 0.15) is 0 Å². The smallest absolute Gasteiger partial charge is 0.251 e. The molecule has 23 heavy (non-hydrogen) atoms. The third kappa shape index (κ3) is 4.20. The molecule has 2 rings (SSSR count). The maximum atomic E-state index is 11.9. The van der Waals surface area contributed by atoms with Gasteiger partial charge >= 0.3 is 0 Å². The van der Waals surface area contributed by atoms with Crippen LogP contribution in [-0.4, -0.2) is 28.8 Å². The first-order valence-corrected chi connectivity index (χ1v) is 8.16. The summed E-state index contributed by atoms with van der Waals surface area (Å²) in [4.78, 5) is 11.9. The minimum Gasteiger partial charge on any atom is -0.351 e. The highest BCUT2D eigenvalue weighted by Gasteiger charge is 2.12. The number of hydrogen-bond donors (Lipinski definition) is 2. The summed E-state index contributed by atoms with van der Waals surface area (Å²) in [6.45, 7) is 8.24. The first-order chi connectivity index (χ1) is 11.1. The fraction of sp³-hybridized carbons (Fsp3) is 0.444. The van der Waals surface area contributed by atoms with Crippen LogP contribution in [0.1, 0.15) is 46.2 Å². The van der Waals surface area contributed by atoms with Gasteiger partial charge in [0.2, 0.25) is 0 Å². The molecule has 0 unspecified atom stereocenters. The van der Waals surface area contributed by atoms with E-state index in [0.29, 0.717) is 18.7 Å². The number of aryl methyl sites for hydroxylation is 2. The summed E-state index contributed by atoms with van der Waals surface area (Å²) in [5, 5.41) is 7.39. The number of nitrogens with two attached hydrogens (primary N) is 1. The first-order valence-electron chi connectivity index (χ1n) is 8.16. The predicted octanol–water partition coefficient (Wildman–Crippen LogP) is 2.19. The van der Waals surface area contributed by atoms with Gasteiger partial charge in [-0.2, -0.15) is 5.10 Å². The molecule has 3 N–H and O–H groups in total. The highest BCUT2D eigenvalue weighted by atomic mass is 16.1. The van der Waals surface area contributed by atoms with Crippen molar-refractivity contribution in [3.05, 3.63) is 52.3 Å². The van der Waals surface area contributed by atoms with Gasteiger partial charge in [-0.25, -0.2) is 0 Å². The predicted molar refractivity (Wildman–Crippen MR) is 92.6 cm³/mol. The van der Waals surface area contributed by atoms with Gasteiger partial charge in [-0.3, -0.25) is 9.48 Å². The molecule has 1 aromatic carbocycles. The summed E-state index contributed by atoms with van der Waals surface area (Å²) in [6, 6.07) is 7.74. The number of carbonyl (C=O) groups is 1. The number of nitrogens with zero attached hydrogens (tertiary/aromatic N) is 2. The third-order valence-electron chi connectivity index (χ3n) is 3.99. The molecule has 0 aliphatic heterocycles. The highest BCUT2D eigenvalue weighted by molar-refractivity contribution is 5.94. The maximum Gasteiger partial charge on any atom is 0.251 e. The largest absolute Gasteiger partial charge is 0.351 e. The van der Waals surface area contributed by atoms with Crippen molar-refractivity contribution in [1.29, 1.82) is 0 Å². The van der Waals surface area contributed by atoms with Gasteiger partial charge in [-0.1, -0.05) is 19.1 Å². The van der Waals surface area contributed by atoms with Crippen LogP contribution in [0.4, 0.5) is 0 Å². The number of aromatic nitrogens is 2. The molecular formula is C18H26N4O. The molecule has 5 nitrogen and oxygen atoms in total. The Balaban J connectivity index is 2.11. The molecular weight excluding hydrogens is 288 g/mol. The van der Waals surface area contributed by atoms with Crippen LogP contribution in [0, 0.1) is 13.8 Å². The van der Waals surface area contributed by atoms with Gasteiger partial charge in [-0.05, 0) is 38.0 Å². The van der Waals surface area contributed by atoms with Crippen molar-refractivity contribution < 1.29 is 4.79 Å². The summed E-state index contributed by atoms with van der Waals surface area (Å²) < 4.78 is 2.08. The molecule has 0 spiro atoms. The molecule has 0 atom stereocenters. The van der Waals surface area contributed by atoms with Crippen molar-refractivity contribution in [1.82, 2.24) is 15.1 Å². The van der Waals surface area contributed by atoms with Crippen molar-refractivity contribution in [2.75, 3.05) is 13.1 Å². The van der Waals surface area contributed by atoms with Crippen LogP contribution in [-0.2, 0) is 13.0 Å². The molecule has 0 radical (unpaired) electrons. The Labute approximate surface area is 137 Å². The Bertz CT molecular complexity index is 658.